The van der Waals surface area contributed by atoms with Crippen molar-refractivity contribution in [3.8, 4) is 0 Å². The molecule has 0 radical (unpaired) electrons. The number of aliphatic hydroxyl groups excluding tert-OH is 2. The number of carbonyl (C=O) groups is 8. The third-order valence-electron chi connectivity index (χ3n) is 10.4. The zero-order chi connectivity index (χ0) is 47.9. The van der Waals surface area contributed by atoms with Crippen molar-refractivity contribution in [2.75, 3.05) is 6.54 Å². The number of carboxylic acids is 2. The first kappa shape index (κ1) is 58.6. The van der Waals surface area contributed by atoms with E-state index in [9.17, 15) is 58.8 Å². The third-order valence-corrected chi connectivity index (χ3v) is 10.4. The zero-order valence-electron chi connectivity index (χ0n) is 38.3. The van der Waals surface area contributed by atoms with E-state index < -0.39 is 96.3 Å². The van der Waals surface area contributed by atoms with E-state index in [4.69, 9.17) is 24.7 Å². The van der Waals surface area contributed by atoms with Crippen molar-refractivity contribution < 1.29 is 77.7 Å². The van der Waals surface area contributed by atoms with Crippen molar-refractivity contribution >= 4 is 47.6 Å². The number of aliphatic hydroxyl groups is 2. The molecule has 0 saturated heterocycles. The Balaban J connectivity index is 5.14. The summed E-state index contributed by atoms with van der Waals surface area (Å²) in [4.78, 5) is 96.2. The van der Waals surface area contributed by atoms with E-state index >= 15 is 0 Å². The van der Waals surface area contributed by atoms with Gasteiger partial charge in [-0.25, -0.2) is 9.59 Å². The van der Waals surface area contributed by atoms with Crippen LogP contribution in [0.4, 0.5) is 0 Å². The van der Waals surface area contributed by atoms with Crippen LogP contribution >= 0.6 is 0 Å². The van der Waals surface area contributed by atoms with E-state index in [-0.39, 0.29) is 31.6 Å². The van der Waals surface area contributed by atoms with E-state index in [2.05, 4.69) is 10.6 Å². The maximum Gasteiger partial charge on any atom is 0.326 e. The predicted octanol–water partition coefficient (Wildman–Crippen LogP) is 3.99. The molecule has 0 unspecified atom stereocenters. The Bertz CT molecular complexity index is 1390. The number of hydrogen-bond donors (Lipinski definition) is 7. The number of unbranched alkanes of at least 4 members (excludes halogenated alkanes) is 12. The minimum Gasteiger partial charge on any atom is -0.480 e. The van der Waals surface area contributed by atoms with Gasteiger partial charge in [0.2, 0.25) is 11.8 Å². The van der Waals surface area contributed by atoms with E-state index in [1.54, 1.807) is 13.8 Å². The molecule has 19 nitrogen and oxygen atoms in total. The van der Waals surface area contributed by atoms with Crippen LogP contribution in [0.25, 0.3) is 0 Å². The standard InChI is InChI=1S/C44H77N3O16/c1-28(2)38(44(58)59)47-37(53)26-20-24-35(61-30(4)49)41(62-31(5)50)40(55)42(63-32(6)51)39(54)34(60-29(3)48)23-18-16-14-12-10-8-7-9-11-13-15-17-19-25-36(52)46-33(43(56)57)22-21-27-45/h28,33-35,38-42,54-55H,7-27,45H2,1-6H3,(H,46,52)(H,47,53)(H,56,57)(H,58,59)/t33-,34-,35-,38-,39+,40-,41-,42+/m0/s1. The molecule has 0 rings (SSSR count). The fraction of sp³-hybridized carbons (Fsp3) is 0.818. The SMILES string of the molecule is CC(=O)O[C@@H]([C@@H](O)[C@@H](OC(C)=O)[C@H](CCCC(=O)N[C@H](C(=O)O)C(C)C)OC(C)=O)[C@H](O)[C@H](CCCCCCCCCCCCCCCC(=O)N[C@@H](CCCN)C(=O)O)OC(C)=O. The number of carboxylic acid groups (broad SMARTS) is 2. The molecule has 0 aromatic rings. The average Bonchev–Trinajstić information content (AvgIpc) is 3.18. The summed E-state index contributed by atoms with van der Waals surface area (Å²) in [7, 11) is 0. The van der Waals surface area contributed by atoms with Crippen molar-refractivity contribution in [1.29, 1.82) is 0 Å². The monoisotopic (exact) mass is 904 g/mol. The summed E-state index contributed by atoms with van der Waals surface area (Å²) < 4.78 is 21.5. The molecule has 0 heterocycles. The van der Waals surface area contributed by atoms with Crippen LogP contribution in [0, 0.1) is 5.92 Å². The summed E-state index contributed by atoms with van der Waals surface area (Å²) >= 11 is 0. The van der Waals surface area contributed by atoms with Gasteiger partial charge < -0.3 is 55.7 Å². The van der Waals surface area contributed by atoms with Gasteiger partial charge >= 0.3 is 35.8 Å². The fourth-order valence-electron chi connectivity index (χ4n) is 7.15. The fourth-order valence-corrected chi connectivity index (χ4v) is 7.15. The van der Waals surface area contributed by atoms with Crippen LogP contribution in [-0.4, -0.2) is 123 Å². The predicted molar refractivity (Wildman–Crippen MR) is 230 cm³/mol. The molecule has 0 bridgehead atoms. The van der Waals surface area contributed by atoms with Gasteiger partial charge in [0.25, 0.3) is 0 Å². The smallest absolute Gasteiger partial charge is 0.326 e. The summed E-state index contributed by atoms with van der Waals surface area (Å²) in [6.07, 6.45) is 3.04. The van der Waals surface area contributed by atoms with Gasteiger partial charge in [-0.3, -0.25) is 28.8 Å². The highest BCUT2D eigenvalue weighted by atomic mass is 16.6. The number of aliphatic carboxylic acids is 2. The van der Waals surface area contributed by atoms with E-state index in [1.165, 1.54) is 0 Å². The maximum atomic E-state index is 12.6. The van der Waals surface area contributed by atoms with Gasteiger partial charge in [-0.2, -0.15) is 0 Å². The quantitative estimate of drug-likeness (QED) is 0.0263. The molecule has 364 valence electrons. The molecule has 0 aromatic carbocycles. The summed E-state index contributed by atoms with van der Waals surface area (Å²) in [5, 5.41) is 46.7. The minimum absolute atomic E-state index is 0.0167. The van der Waals surface area contributed by atoms with Crippen LogP contribution in [0.5, 0.6) is 0 Å². The second-order valence-corrected chi connectivity index (χ2v) is 16.5. The minimum atomic E-state index is -2.01. The largest absolute Gasteiger partial charge is 0.480 e. The lowest BCUT2D eigenvalue weighted by Gasteiger charge is -2.37. The third kappa shape index (κ3) is 28.1. The number of amides is 2. The van der Waals surface area contributed by atoms with Crippen LogP contribution < -0.4 is 16.4 Å². The van der Waals surface area contributed by atoms with Gasteiger partial charge in [0.05, 0.1) is 0 Å². The maximum absolute atomic E-state index is 12.6. The summed E-state index contributed by atoms with van der Waals surface area (Å²) in [6, 6.07) is -2.04. The molecule has 0 spiro atoms. The van der Waals surface area contributed by atoms with Crippen molar-refractivity contribution in [2.45, 2.75) is 219 Å². The second kappa shape index (κ2) is 34.1. The molecule has 8 N–H and O–H groups in total. The van der Waals surface area contributed by atoms with Gasteiger partial charge in [-0.1, -0.05) is 84.5 Å². The second-order valence-electron chi connectivity index (χ2n) is 16.5. The number of carbonyl (C=O) groups excluding carboxylic acids is 6. The molecule has 0 aliphatic heterocycles. The molecule has 19 heteroatoms. The zero-order valence-corrected chi connectivity index (χ0v) is 38.3. The number of esters is 4. The summed E-state index contributed by atoms with van der Waals surface area (Å²) in [5.41, 5.74) is 5.44. The molecule has 0 aliphatic carbocycles. The number of nitrogens with one attached hydrogen (secondary N) is 2. The number of ether oxygens (including phenoxy) is 4. The topological polar surface area (TPSA) is 304 Å². The highest BCUT2D eigenvalue weighted by molar-refractivity contribution is 5.84. The van der Waals surface area contributed by atoms with Crippen LogP contribution in [0.2, 0.25) is 0 Å². The Morgan fingerprint density at radius 2 is 0.889 bits per heavy atom. The molecule has 63 heavy (non-hydrogen) atoms. The first-order valence-electron chi connectivity index (χ1n) is 22.5. The van der Waals surface area contributed by atoms with Crippen molar-refractivity contribution in [3.05, 3.63) is 0 Å². The van der Waals surface area contributed by atoms with Gasteiger partial charge in [-0.15, -0.1) is 0 Å². The summed E-state index contributed by atoms with van der Waals surface area (Å²) in [5.74, 6) is -6.94. The van der Waals surface area contributed by atoms with Gasteiger partial charge in [0, 0.05) is 40.5 Å². The van der Waals surface area contributed by atoms with Crippen LogP contribution in [0.3, 0.4) is 0 Å². The number of hydrogen-bond acceptors (Lipinski definition) is 15. The van der Waals surface area contributed by atoms with E-state index in [0.717, 1.165) is 98.3 Å². The van der Waals surface area contributed by atoms with Gasteiger partial charge in [0.15, 0.2) is 12.2 Å². The average molecular weight is 904 g/mol. The lowest BCUT2D eigenvalue weighted by atomic mass is 9.91. The molecule has 0 aromatic heterocycles. The number of nitrogens with two attached hydrogens (primary N) is 1. The van der Waals surface area contributed by atoms with E-state index in [1.807, 2.05) is 0 Å². The van der Waals surface area contributed by atoms with Crippen LogP contribution in [0.1, 0.15) is 170 Å². The number of rotatable bonds is 37. The van der Waals surface area contributed by atoms with Crippen LogP contribution in [0.15, 0.2) is 0 Å². The van der Waals surface area contributed by atoms with E-state index in [0.29, 0.717) is 38.6 Å². The molecular weight excluding hydrogens is 826 g/mol. The normalized spacial score (nSPS) is 15.1. The lowest BCUT2D eigenvalue weighted by Crippen LogP contribution is -2.56. The molecule has 0 saturated carbocycles. The Hall–Kier alpha value is -4.36. The highest BCUT2D eigenvalue weighted by Crippen LogP contribution is 2.25. The van der Waals surface area contributed by atoms with Gasteiger partial charge in [0.1, 0.15) is 36.5 Å². The molecule has 0 fully saturated rings. The molecule has 0 aliphatic rings. The highest BCUT2D eigenvalue weighted by Gasteiger charge is 2.45. The molecular formula is C44H77N3O16. The van der Waals surface area contributed by atoms with Crippen molar-refractivity contribution in [2.24, 2.45) is 11.7 Å². The first-order valence-corrected chi connectivity index (χ1v) is 22.5. The van der Waals surface area contributed by atoms with Gasteiger partial charge in [-0.05, 0) is 57.4 Å². The Kier molecular flexibility index (Phi) is 31.7. The molecule has 2 amide bonds. The first-order chi connectivity index (χ1) is 29.7. The Morgan fingerprint density at radius 3 is 1.33 bits per heavy atom. The van der Waals surface area contributed by atoms with Crippen molar-refractivity contribution in [1.82, 2.24) is 10.6 Å². The lowest BCUT2D eigenvalue weighted by molar-refractivity contribution is -0.205. The molecule has 8 atom stereocenters. The summed E-state index contributed by atoms with van der Waals surface area (Å²) in [6.45, 7) is 7.88. The van der Waals surface area contributed by atoms with Crippen LogP contribution in [-0.2, 0) is 57.3 Å². The van der Waals surface area contributed by atoms with Crippen molar-refractivity contribution in [3.63, 3.8) is 0 Å². The Labute approximate surface area is 372 Å². The Morgan fingerprint density at radius 1 is 0.476 bits per heavy atom.